The maximum absolute atomic E-state index is 5.28. The first kappa shape index (κ1) is 13.4. The monoisotopic (exact) mass is 248 g/mol. The van der Waals surface area contributed by atoms with Gasteiger partial charge in [-0.3, -0.25) is 0 Å². The van der Waals surface area contributed by atoms with Crippen LogP contribution < -0.4 is 10.2 Å². The fraction of sp³-hybridized carbons (Fsp3) is 0.600. The first-order chi connectivity index (χ1) is 8.70. The molecule has 1 aliphatic rings. The van der Waals surface area contributed by atoms with Crippen molar-refractivity contribution >= 4 is 5.69 Å². The molecule has 1 aromatic rings. The number of anilines is 1. The second-order valence-corrected chi connectivity index (χ2v) is 5.34. The van der Waals surface area contributed by atoms with Gasteiger partial charge in [0.05, 0.1) is 6.61 Å². The highest BCUT2D eigenvalue weighted by Gasteiger charge is 2.30. The fourth-order valence-electron chi connectivity index (χ4n) is 2.20. The lowest BCUT2D eigenvalue weighted by molar-refractivity contribution is 0.157. The van der Waals surface area contributed by atoms with Gasteiger partial charge in [0.25, 0.3) is 0 Å². The molecule has 0 radical (unpaired) electrons. The summed E-state index contributed by atoms with van der Waals surface area (Å²) in [6.45, 7) is 1.75. The molecule has 0 saturated heterocycles. The number of methoxy groups -OCH3 is 1. The van der Waals surface area contributed by atoms with Gasteiger partial charge in [-0.2, -0.15) is 0 Å². The lowest BCUT2D eigenvalue weighted by Gasteiger charge is -2.18. The van der Waals surface area contributed by atoms with Crippen molar-refractivity contribution in [2.24, 2.45) is 5.92 Å². The minimum atomic E-state index is 0.517. The van der Waals surface area contributed by atoms with Crippen LogP contribution in [0, 0.1) is 5.92 Å². The Bertz CT molecular complexity index is 357. The molecule has 18 heavy (non-hydrogen) atoms. The van der Waals surface area contributed by atoms with Crippen LogP contribution in [-0.2, 0) is 11.3 Å². The van der Waals surface area contributed by atoms with Gasteiger partial charge >= 0.3 is 0 Å². The molecular formula is C15H24N2O. The molecule has 0 amide bonds. The van der Waals surface area contributed by atoms with Crippen molar-refractivity contribution in [3.05, 3.63) is 29.8 Å². The van der Waals surface area contributed by atoms with Crippen molar-refractivity contribution < 1.29 is 4.74 Å². The van der Waals surface area contributed by atoms with Gasteiger partial charge in [-0.05, 0) is 36.5 Å². The molecule has 0 bridgehead atoms. The predicted molar refractivity (Wildman–Crippen MR) is 76.0 cm³/mol. The smallest absolute Gasteiger partial charge is 0.0618 e. The summed E-state index contributed by atoms with van der Waals surface area (Å²) >= 11 is 0. The first-order valence-electron chi connectivity index (χ1n) is 6.69. The van der Waals surface area contributed by atoms with Crippen LogP contribution in [0.3, 0.4) is 0 Å². The average Bonchev–Trinajstić information content (AvgIpc) is 3.19. The molecule has 3 heteroatoms. The third-order valence-corrected chi connectivity index (χ3v) is 3.56. The van der Waals surface area contributed by atoms with Crippen LogP contribution in [-0.4, -0.2) is 33.9 Å². The maximum atomic E-state index is 5.28. The molecule has 1 fully saturated rings. The Morgan fingerprint density at radius 3 is 2.44 bits per heavy atom. The van der Waals surface area contributed by atoms with E-state index in [4.69, 9.17) is 4.74 Å². The van der Waals surface area contributed by atoms with Gasteiger partial charge in [-0.25, -0.2) is 0 Å². The molecule has 0 heterocycles. The van der Waals surface area contributed by atoms with Crippen LogP contribution in [0.4, 0.5) is 5.69 Å². The van der Waals surface area contributed by atoms with Crippen molar-refractivity contribution in [2.45, 2.75) is 25.4 Å². The van der Waals surface area contributed by atoms with Gasteiger partial charge < -0.3 is 15.0 Å². The Kier molecular flexibility index (Phi) is 4.61. The Labute approximate surface area is 110 Å². The summed E-state index contributed by atoms with van der Waals surface area (Å²) < 4.78 is 5.28. The molecule has 1 aromatic carbocycles. The molecule has 1 atom stereocenters. The average molecular weight is 248 g/mol. The summed E-state index contributed by atoms with van der Waals surface area (Å²) in [6.07, 6.45) is 2.70. The summed E-state index contributed by atoms with van der Waals surface area (Å²) in [5.74, 6) is 0.825. The first-order valence-corrected chi connectivity index (χ1v) is 6.69. The zero-order valence-corrected chi connectivity index (χ0v) is 11.6. The standard InChI is InChI=1S/C15H24N2O/c1-17(2)14-8-4-12(5-9-14)10-16-15(11-18-3)13-6-7-13/h4-5,8-9,13,15-16H,6-7,10-11H2,1-3H3. The van der Waals surface area contributed by atoms with Crippen LogP contribution in [0.25, 0.3) is 0 Å². The molecule has 100 valence electrons. The third-order valence-electron chi connectivity index (χ3n) is 3.56. The predicted octanol–water partition coefficient (Wildman–Crippen LogP) is 2.27. The number of ether oxygens (including phenoxy) is 1. The SMILES string of the molecule is COCC(NCc1ccc(N(C)C)cc1)C1CC1. The van der Waals surface area contributed by atoms with E-state index in [0.717, 1.165) is 19.1 Å². The number of benzene rings is 1. The molecule has 0 aliphatic heterocycles. The second-order valence-electron chi connectivity index (χ2n) is 5.34. The van der Waals surface area contributed by atoms with E-state index in [1.807, 2.05) is 0 Å². The number of nitrogens with one attached hydrogen (secondary N) is 1. The highest BCUT2D eigenvalue weighted by Crippen LogP contribution is 2.32. The van der Waals surface area contributed by atoms with Crippen molar-refractivity contribution in [3.63, 3.8) is 0 Å². The van der Waals surface area contributed by atoms with E-state index in [2.05, 4.69) is 48.6 Å². The van der Waals surface area contributed by atoms with Gasteiger partial charge in [0, 0.05) is 39.5 Å². The number of rotatable bonds is 7. The molecular weight excluding hydrogens is 224 g/mol. The topological polar surface area (TPSA) is 24.5 Å². The van der Waals surface area contributed by atoms with E-state index in [9.17, 15) is 0 Å². The largest absolute Gasteiger partial charge is 0.383 e. The number of nitrogens with zero attached hydrogens (tertiary/aromatic N) is 1. The maximum Gasteiger partial charge on any atom is 0.0618 e. The van der Waals surface area contributed by atoms with Crippen molar-refractivity contribution in [2.75, 3.05) is 32.7 Å². The lowest BCUT2D eigenvalue weighted by atomic mass is 10.1. The molecule has 1 saturated carbocycles. The Balaban J connectivity index is 1.84. The third kappa shape index (κ3) is 3.72. The normalized spacial score (nSPS) is 16.6. The zero-order valence-electron chi connectivity index (χ0n) is 11.6. The van der Waals surface area contributed by atoms with Gasteiger partial charge in [0.2, 0.25) is 0 Å². The molecule has 1 N–H and O–H groups in total. The van der Waals surface area contributed by atoms with E-state index in [0.29, 0.717) is 6.04 Å². The number of hydrogen-bond acceptors (Lipinski definition) is 3. The van der Waals surface area contributed by atoms with E-state index < -0.39 is 0 Å². The molecule has 0 spiro atoms. The molecule has 1 unspecified atom stereocenters. The zero-order chi connectivity index (χ0) is 13.0. The quantitative estimate of drug-likeness (QED) is 0.801. The molecule has 0 aromatic heterocycles. The molecule has 1 aliphatic carbocycles. The highest BCUT2D eigenvalue weighted by molar-refractivity contribution is 5.45. The lowest BCUT2D eigenvalue weighted by Crippen LogP contribution is -2.34. The van der Waals surface area contributed by atoms with Crippen LogP contribution in [0.1, 0.15) is 18.4 Å². The Morgan fingerprint density at radius 2 is 1.94 bits per heavy atom. The van der Waals surface area contributed by atoms with Crippen LogP contribution in [0.2, 0.25) is 0 Å². The summed E-state index contributed by atoms with van der Waals surface area (Å²) in [5, 5.41) is 3.61. The van der Waals surface area contributed by atoms with E-state index in [1.165, 1.54) is 24.1 Å². The van der Waals surface area contributed by atoms with E-state index in [-0.39, 0.29) is 0 Å². The summed E-state index contributed by atoms with van der Waals surface area (Å²) in [4.78, 5) is 2.12. The van der Waals surface area contributed by atoms with E-state index in [1.54, 1.807) is 7.11 Å². The summed E-state index contributed by atoms with van der Waals surface area (Å²) in [7, 11) is 5.91. The van der Waals surface area contributed by atoms with Crippen LogP contribution >= 0.6 is 0 Å². The number of hydrogen-bond donors (Lipinski definition) is 1. The van der Waals surface area contributed by atoms with Crippen molar-refractivity contribution in [1.29, 1.82) is 0 Å². The van der Waals surface area contributed by atoms with E-state index >= 15 is 0 Å². The highest BCUT2D eigenvalue weighted by atomic mass is 16.5. The van der Waals surface area contributed by atoms with Gasteiger partial charge in [0.15, 0.2) is 0 Å². The van der Waals surface area contributed by atoms with Gasteiger partial charge in [-0.1, -0.05) is 12.1 Å². The van der Waals surface area contributed by atoms with Crippen LogP contribution in [0.15, 0.2) is 24.3 Å². The summed E-state index contributed by atoms with van der Waals surface area (Å²) in [6, 6.07) is 9.24. The summed E-state index contributed by atoms with van der Waals surface area (Å²) in [5.41, 5.74) is 2.58. The molecule has 3 nitrogen and oxygen atoms in total. The molecule has 2 rings (SSSR count). The fourth-order valence-corrected chi connectivity index (χ4v) is 2.20. The Morgan fingerprint density at radius 1 is 1.28 bits per heavy atom. The Hall–Kier alpha value is -1.06. The van der Waals surface area contributed by atoms with Gasteiger partial charge in [-0.15, -0.1) is 0 Å². The second kappa shape index (κ2) is 6.21. The minimum absolute atomic E-state index is 0.517. The minimum Gasteiger partial charge on any atom is -0.383 e. The van der Waals surface area contributed by atoms with Gasteiger partial charge in [0.1, 0.15) is 0 Å². The van der Waals surface area contributed by atoms with Crippen molar-refractivity contribution in [3.8, 4) is 0 Å². The van der Waals surface area contributed by atoms with Crippen LogP contribution in [0.5, 0.6) is 0 Å². The van der Waals surface area contributed by atoms with Crippen molar-refractivity contribution in [1.82, 2.24) is 5.32 Å².